The van der Waals surface area contributed by atoms with Crippen LogP contribution in [0, 0.1) is 6.92 Å². The summed E-state index contributed by atoms with van der Waals surface area (Å²) in [6.45, 7) is 1.55. The number of halogens is 2. The first kappa shape index (κ1) is 16.7. The first-order valence-corrected chi connectivity index (χ1v) is 8.32. The van der Waals surface area contributed by atoms with Crippen molar-refractivity contribution in [3.8, 4) is 0 Å². The molecule has 8 heteroatoms. The Morgan fingerprint density at radius 2 is 2.00 bits per heavy atom. The first-order valence-electron chi connectivity index (χ1n) is 6.74. The number of nitrogens with zero attached hydrogens (tertiary/aromatic N) is 1. The zero-order chi connectivity index (χ0) is 17.4. The zero-order valence-corrected chi connectivity index (χ0v) is 14.6. The Hall–Kier alpha value is -2.15. The van der Waals surface area contributed by atoms with Crippen molar-refractivity contribution in [1.29, 1.82) is 0 Å². The fourth-order valence-electron chi connectivity index (χ4n) is 2.23. The molecule has 3 rings (SSSR count). The van der Waals surface area contributed by atoms with Gasteiger partial charge in [-0.2, -0.15) is 0 Å². The number of nitrogens with one attached hydrogen (secondary N) is 1. The van der Waals surface area contributed by atoms with Gasteiger partial charge in [0.25, 0.3) is 5.56 Å². The summed E-state index contributed by atoms with van der Waals surface area (Å²) in [5.41, 5.74) is 0.678. The van der Waals surface area contributed by atoms with Crippen molar-refractivity contribution < 1.29 is 9.90 Å². The standard InChI is InChI=1S/C16H10Cl2N2O3S/c1-7-11-14(21)19-13(20-15(11)24-12(7)16(22)23)10(18)6-8-2-4-9(17)5-3-8/h2-6H,1H3,(H,22,23)(H,19,20,21)/p-1/b10-6-. The number of thiophene rings is 1. The number of rotatable bonds is 3. The van der Waals surface area contributed by atoms with Gasteiger partial charge in [-0.05, 0) is 36.3 Å². The number of carboxylic acids is 1. The maximum atomic E-state index is 12.3. The van der Waals surface area contributed by atoms with Crippen LogP contribution in [-0.4, -0.2) is 15.9 Å². The van der Waals surface area contributed by atoms with Crippen LogP contribution in [0.4, 0.5) is 0 Å². The average molecular weight is 380 g/mol. The molecule has 0 radical (unpaired) electrons. The number of hydrogen-bond donors (Lipinski definition) is 1. The summed E-state index contributed by atoms with van der Waals surface area (Å²) < 4.78 is 0. The SMILES string of the molecule is Cc1c(C(=O)[O-])sc2nc(/C(Cl)=C/c3ccc(Cl)cc3)[nH]c(=O)c12. The lowest BCUT2D eigenvalue weighted by Crippen LogP contribution is -2.21. The number of aromatic carboxylic acids is 1. The maximum absolute atomic E-state index is 12.3. The number of carbonyl (C=O) groups excluding carboxylic acids is 1. The summed E-state index contributed by atoms with van der Waals surface area (Å²) in [5, 5.41) is 12.2. The van der Waals surface area contributed by atoms with Crippen LogP contribution in [0.2, 0.25) is 5.02 Å². The Morgan fingerprint density at radius 3 is 2.62 bits per heavy atom. The van der Waals surface area contributed by atoms with E-state index >= 15 is 0 Å². The summed E-state index contributed by atoms with van der Waals surface area (Å²) in [6.07, 6.45) is 1.63. The number of benzene rings is 1. The van der Waals surface area contributed by atoms with Crippen molar-refractivity contribution >= 4 is 61.8 Å². The molecule has 0 atom stereocenters. The molecule has 122 valence electrons. The van der Waals surface area contributed by atoms with Crippen molar-refractivity contribution in [2.75, 3.05) is 0 Å². The Labute approximate surface area is 150 Å². The number of carboxylic acid groups (broad SMARTS) is 1. The highest BCUT2D eigenvalue weighted by molar-refractivity contribution is 7.20. The lowest BCUT2D eigenvalue weighted by atomic mass is 10.2. The molecule has 0 spiro atoms. The van der Waals surface area contributed by atoms with E-state index in [4.69, 9.17) is 23.2 Å². The fourth-order valence-corrected chi connectivity index (χ4v) is 3.58. The van der Waals surface area contributed by atoms with Gasteiger partial charge in [-0.3, -0.25) is 4.79 Å². The molecule has 0 unspecified atom stereocenters. The lowest BCUT2D eigenvalue weighted by Gasteiger charge is -2.00. The van der Waals surface area contributed by atoms with Gasteiger partial charge in [0.1, 0.15) is 4.83 Å². The van der Waals surface area contributed by atoms with E-state index in [1.165, 1.54) is 0 Å². The van der Waals surface area contributed by atoms with Crippen molar-refractivity contribution in [3.63, 3.8) is 0 Å². The smallest absolute Gasteiger partial charge is 0.260 e. The minimum atomic E-state index is -1.33. The normalized spacial score (nSPS) is 11.9. The van der Waals surface area contributed by atoms with Crippen LogP contribution >= 0.6 is 34.5 Å². The summed E-state index contributed by atoms with van der Waals surface area (Å²) >= 11 is 13.0. The molecular formula is C16H9Cl2N2O3S-. The summed E-state index contributed by atoms with van der Waals surface area (Å²) in [6, 6.07) is 6.97. The molecule has 0 amide bonds. The molecule has 0 aliphatic carbocycles. The molecular weight excluding hydrogens is 371 g/mol. The van der Waals surface area contributed by atoms with E-state index in [1.807, 2.05) is 0 Å². The minimum absolute atomic E-state index is 0.0158. The van der Waals surface area contributed by atoms with E-state index in [-0.39, 0.29) is 21.1 Å². The molecule has 0 fully saturated rings. The Bertz CT molecular complexity index is 1040. The van der Waals surface area contributed by atoms with Crippen LogP contribution in [0.1, 0.15) is 26.6 Å². The molecule has 2 aromatic heterocycles. The minimum Gasteiger partial charge on any atom is -0.544 e. The molecule has 2 heterocycles. The molecule has 5 nitrogen and oxygen atoms in total. The maximum Gasteiger partial charge on any atom is 0.260 e. The third-order valence-electron chi connectivity index (χ3n) is 3.38. The zero-order valence-electron chi connectivity index (χ0n) is 12.2. The number of H-pyrrole nitrogens is 1. The molecule has 24 heavy (non-hydrogen) atoms. The number of aromatic amines is 1. The number of carbonyl (C=O) groups is 1. The molecule has 1 N–H and O–H groups in total. The van der Waals surface area contributed by atoms with Gasteiger partial charge in [0.05, 0.1) is 21.3 Å². The third-order valence-corrected chi connectivity index (χ3v) is 5.08. The molecule has 0 aliphatic heterocycles. The average Bonchev–Trinajstić information content (AvgIpc) is 2.87. The highest BCUT2D eigenvalue weighted by Crippen LogP contribution is 2.28. The monoisotopic (exact) mass is 379 g/mol. The molecule has 0 bridgehead atoms. The van der Waals surface area contributed by atoms with Crippen LogP contribution < -0.4 is 10.7 Å². The van der Waals surface area contributed by atoms with Gasteiger partial charge in [-0.1, -0.05) is 35.3 Å². The van der Waals surface area contributed by atoms with Crippen LogP contribution in [0.3, 0.4) is 0 Å². The second-order valence-corrected chi connectivity index (χ2v) is 6.82. The first-order chi connectivity index (χ1) is 11.4. The van der Waals surface area contributed by atoms with Gasteiger partial charge < -0.3 is 14.9 Å². The molecule has 0 saturated heterocycles. The number of fused-ring (bicyclic) bond motifs is 1. The molecule has 0 saturated carbocycles. The van der Waals surface area contributed by atoms with Gasteiger partial charge in [0, 0.05) is 5.02 Å². The quantitative estimate of drug-likeness (QED) is 0.757. The van der Waals surface area contributed by atoms with Crippen LogP contribution in [0.5, 0.6) is 0 Å². The van der Waals surface area contributed by atoms with E-state index in [1.54, 1.807) is 37.3 Å². The second kappa shape index (κ2) is 6.39. The lowest BCUT2D eigenvalue weighted by molar-refractivity contribution is -0.254. The van der Waals surface area contributed by atoms with Gasteiger partial charge in [-0.15, -0.1) is 11.3 Å². The Balaban J connectivity index is 2.11. The summed E-state index contributed by atoms with van der Waals surface area (Å²) in [5.74, 6) is -1.17. The van der Waals surface area contributed by atoms with E-state index in [0.29, 0.717) is 15.4 Å². The van der Waals surface area contributed by atoms with Gasteiger partial charge in [0.15, 0.2) is 5.82 Å². The Kier molecular flexibility index (Phi) is 4.45. The topological polar surface area (TPSA) is 85.9 Å². The van der Waals surface area contributed by atoms with Crippen molar-refractivity contribution in [2.45, 2.75) is 6.92 Å². The van der Waals surface area contributed by atoms with E-state index < -0.39 is 11.5 Å². The third kappa shape index (κ3) is 3.08. The number of hydrogen-bond acceptors (Lipinski definition) is 5. The van der Waals surface area contributed by atoms with E-state index in [9.17, 15) is 14.7 Å². The second-order valence-electron chi connectivity index (χ2n) is 4.98. The molecule has 1 aromatic carbocycles. The number of aryl methyl sites for hydroxylation is 1. The fraction of sp³-hybridized carbons (Fsp3) is 0.0625. The van der Waals surface area contributed by atoms with Gasteiger partial charge >= 0.3 is 0 Å². The summed E-state index contributed by atoms with van der Waals surface area (Å²) in [7, 11) is 0. The van der Waals surface area contributed by atoms with Gasteiger partial charge in [0.2, 0.25) is 0 Å². The predicted octanol–water partition coefficient (Wildman–Crippen LogP) is 3.05. The van der Waals surface area contributed by atoms with E-state index in [2.05, 4.69) is 9.97 Å². The van der Waals surface area contributed by atoms with Crippen LogP contribution in [0.15, 0.2) is 29.1 Å². The van der Waals surface area contributed by atoms with Crippen molar-refractivity contribution in [1.82, 2.24) is 9.97 Å². The number of aromatic nitrogens is 2. The van der Waals surface area contributed by atoms with E-state index in [0.717, 1.165) is 16.9 Å². The van der Waals surface area contributed by atoms with Crippen LogP contribution in [0.25, 0.3) is 21.3 Å². The molecule has 3 aromatic rings. The largest absolute Gasteiger partial charge is 0.544 e. The van der Waals surface area contributed by atoms with Crippen LogP contribution in [-0.2, 0) is 0 Å². The molecule has 0 aliphatic rings. The highest BCUT2D eigenvalue weighted by atomic mass is 35.5. The predicted molar refractivity (Wildman–Crippen MR) is 94.5 cm³/mol. The Morgan fingerprint density at radius 1 is 1.33 bits per heavy atom. The van der Waals surface area contributed by atoms with Crippen molar-refractivity contribution in [3.05, 3.63) is 61.5 Å². The summed E-state index contributed by atoms with van der Waals surface area (Å²) in [4.78, 5) is 30.5. The van der Waals surface area contributed by atoms with Gasteiger partial charge in [-0.25, -0.2) is 4.98 Å². The highest BCUT2D eigenvalue weighted by Gasteiger charge is 2.15. The van der Waals surface area contributed by atoms with Crippen molar-refractivity contribution in [2.24, 2.45) is 0 Å².